The summed E-state index contributed by atoms with van der Waals surface area (Å²) >= 11 is 0. The summed E-state index contributed by atoms with van der Waals surface area (Å²) in [5.41, 5.74) is 8.11. The van der Waals surface area contributed by atoms with Crippen LogP contribution in [0, 0.1) is 0 Å². The van der Waals surface area contributed by atoms with Gasteiger partial charge in [-0.3, -0.25) is 19.4 Å². The normalized spacial score (nSPS) is 11.1. The summed E-state index contributed by atoms with van der Waals surface area (Å²) in [5.74, 6) is -0.992. The van der Waals surface area contributed by atoms with Crippen LogP contribution in [0.4, 0.5) is 0 Å². The fourth-order valence-corrected chi connectivity index (χ4v) is 3.10. The first kappa shape index (κ1) is 34.0. The van der Waals surface area contributed by atoms with Gasteiger partial charge in [-0.1, -0.05) is 74.5 Å². The van der Waals surface area contributed by atoms with Crippen LogP contribution in [-0.2, 0) is 39.5 Å². The van der Waals surface area contributed by atoms with Crippen molar-refractivity contribution in [2.75, 3.05) is 0 Å². The Kier molecular flexibility index (Phi) is 16.4. The van der Waals surface area contributed by atoms with E-state index in [0.717, 1.165) is 11.1 Å². The van der Waals surface area contributed by atoms with E-state index in [1.807, 2.05) is 60.7 Å². The molecule has 203 valence electrons. The predicted octanol–water partition coefficient (Wildman–Crippen LogP) is 3.08. The van der Waals surface area contributed by atoms with Gasteiger partial charge in [0.15, 0.2) is 11.6 Å². The number of nitrogens with zero attached hydrogens (tertiary/aromatic N) is 1. The number of Topliss-reactive ketones (excluding diaryl/α,β-unsaturated/α-hetero) is 2. The van der Waals surface area contributed by atoms with Crippen LogP contribution in [0.15, 0.2) is 108 Å². The molecule has 1 aromatic heterocycles. The number of allylic oxidation sites excluding steroid dienone is 4. The largest absolute Gasteiger partial charge is 2.00 e. The molecule has 1 amide bonds. The molecule has 1 radical (unpaired) electrons. The summed E-state index contributed by atoms with van der Waals surface area (Å²) < 4.78 is 0. The third kappa shape index (κ3) is 13.3. The van der Waals surface area contributed by atoms with Gasteiger partial charge in [-0.15, -0.1) is 11.5 Å². The summed E-state index contributed by atoms with van der Waals surface area (Å²) in [5, 5.41) is 22.3. The van der Waals surface area contributed by atoms with Crippen LogP contribution in [0.2, 0.25) is 0 Å². The van der Waals surface area contributed by atoms with Gasteiger partial charge < -0.3 is 15.9 Å². The molecule has 0 atom stereocenters. The number of primary amides is 1. The van der Waals surface area contributed by atoms with Gasteiger partial charge in [0.1, 0.15) is 0 Å². The Morgan fingerprint density at radius 1 is 0.684 bits per heavy atom. The number of amides is 1. The molecule has 0 saturated heterocycles. The molecule has 0 unspecified atom stereocenters. The Bertz CT molecular complexity index is 1140. The summed E-state index contributed by atoms with van der Waals surface area (Å²) in [6.07, 6.45) is 3.89. The van der Waals surface area contributed by atoms with E-state index in [-0.39, 0.29) is 40.2 Å². The van der Waals surface area contributed by atoms with Crippen molar-refractivity contribution in [3.05, 3.63) is 125 Å². The molecule has 0 bridgehead atoms. The molecule has 8 heteroatoms. The summed E-state index contributed by atoms with van der Waals surface area (Å²) in [4.78, 5) is 36.4. The minimum atomic E-state index is -0.442. The second-order valence-electron chi connectivity index (χ2n) is 8.11. The number of carbonyl (C=O) groups excluding carboxylic acids is 3. The van der Waals surface area contributed by atoms with Crippen molar-refractivity contribution in [2.24, 2.45) is 5.73 Å². The average molecular weight is 564 g/mol. The topological polar surface area (TPSA) is 136 Å². The van der Waals surface area contributed by atoms with E-state index in [0.29, 0.717) is 29.6 Å². The van der Waals surface area contributed by atoms with Crippen LogP contribution in [0.25, 0.3) is 0 Å². The van der Waals surface area contributed by atoms with Gasteiger partial charge >= 0.3 is 17.1 Å². The van der Waals surface area contributed by atoms with Crippen molar-refractivity contribution >= 4 is 17.5 Å². The average Bonchev–Trinajstić information content (AvgIpc) is 2.87. The third-order valence-electron chi connectivity index (χ3n) is 5.09. The fraction of sp³-hybridized carbons (Fsp3) is 0.200. The van der Waals surface area contributed by atoms with Crippen molar-refractivity contribution in [3.63, 3.8) is 0 Å². The van der Waals surface area contributed by atoms with Crippen LogP contribution in [0.1, 0.15) is 49.2 Å². The van der Waals surface area contributed by atoms with E-state index in [1.165, 1.54) is 33.9 Å². The molecule has 7 nitrogen and oxygen atoms in total. The van der Waals surface area contributed by atoms with Crippen LogP contribution < -0.4 is 15.9 Å². The minimum absolute atomic E-state index is 0. The van der Waals surface area contributed by atoms with Gasteiger partial charge in [0.2, 0.25) is 5.91 Å². The van der Waals surface area contributed by atoms with Crippen LogP contribution >= 0.6 is 0 Å². The molecule has 1 heterocycles. The Labute approximate surface area is 234 Å². The quantitative estimate of drug-likeness (QED) is 0.266. The Balaban J connectivity index is 0.000000546. The summed E-state index contributed by atoms with van der Waals surface area (Å²) in [6, 6.07) is 22.3. The first-order chi connectivity index (χ1) is 17.5. The van der Waals surface area contributed by atoms with Crippen molar-refractivity contribution in [2.45, 2.75) is 40.5 Å². The number of rotatable bonds is 7. The van der Waals surface area contributed by atoms with Crippen molar-refractivity contribution in [1.82, 2.24) is 4.98 Å². The van der Waals surface area contributed by atoms with Crippen LogP contribution in [0.3, 0.4) is 0 Å². The standard InChI is InChI=1S/2C12H14O2.C6H6N2O.Cu/c2*1-9(13)12(10(2)14)8-11-6-4-3-5-7-11;7-6(9)5-2-1-3-8-4-5;/h2*3-7,13H,8H2,1-2H3;1-4H,(H2,7,9);/q;;;+2/p-2/b2*12-9-;;. The van der Waals surface area contributed by atoms with E-state index >= 15 is 0 Å². The van der Waals surface area contributed by atoms with Gasteiger partial charge in [0, 0.05) is 12.4 Å². The zero-order chi connectivity index (χ0) is 27.8. The zero-order valence-electron chi connectivity index (χ0n) is 21.9. The molecule has 3 aromatic rings. The number of nitrogens with two attached hydrogens (primary N) is 1. The molecule has 0 aliphatic rings. The van der Waals surface area contributed by atoms with E-state index in [9.17, 15) is 24.6 Å². The van der Waals surface area contributed by atoms with Gasteiger partial charge in [-0.2, -0.15) is 0 Å². The second-order valence-corrected chi connectivity index (χ2v) is 8.11. The Morgan fingerprint density at radius 2 is 1.08 bits per heavy atom. The maximum atomic E-state index is 11.1. The number of carbonyl (C=O) groups is 3. The predicted molar refractivity (Wildman–Crippen MR) is 140 cm³/mol. The molecule has 0 aliphatic carbocycles. The number of hydrogen-bond donors (Lipinski definition) is 1. The second kappa shape index (κ2) is 18.3. The SMILES string of the molecule is CC(=O)/C(Cc1ccccc1)=C(/C)[O-].CC(=O)/C(Cc1ccccc1)=C(/C)[O-].NC(=O)c1cccnc1.[Cu+2]. The van der Waals surface area contributed by atoms with Crippen LogP contribution in [-0.4, -0.2) is 22.5 Å². The van der Waals surface area contributed by atoms with Crippen LogP contribution in [0.5, 0.6) is 0 Å². The number of hydrogen-bond acceptors (Lipinski definition) is 6. The van der Waals surface area contributed by atoms with E-state index in [2.05, 4.69) is 4.98 Å². The minimum Gasteiger partial charge on any atom is -0.875 e. The van der Waals surface area contributed by atoms with Crippen molar-refractivity contribution in [1.29, 1.82) is 0 Å². The fourth-order valence-electron chi connectivity index (χ4n) is 3.10. The maximum Gasteiger partial charge on any atom is 2.00 e. The third-order valence-corrected chi connectivity index (χ3v) is 5.09. The molecule has 0 spiro atoms. The number of aromatic nitrogens is 1. The monoisotopic (exact) mass is 563 g/mol. The van der Waals surface area contributed by atoms with Gasteiger partial charge in [0.25, 0.3) is 0 Å². The van der Waals surface area contributed by atoms with E-state index in [1.54, 1.807) is 18.3 Å². The number of benzene rings is 2. The molecule has 0 saturated carbocycles. The summed E-state index contributed by atoms with van der Waals surface area (Å²) in [6.45, 7) is 5.72. The molecule has 0 fully saturated rings. The zero-order valence-corrected chi connectivity index (χ0v) is 22.8. The van der Waals surface area contributed by atoms with Crippen molar-refractivity contribution < 1.29 is 41.7 Å². The molecule has 38 heavy (non-hydrogen) atoms. The van der Waals surface area contributed by atoms with E-state index in [4.69, 9.17) is 5.73 Å². The van der Waals surface area contributed by atoms with Crippen molar-refractivity contribution in [3.8, 4) is 0 Å². The van der Waals surface area contributed by atoms with Gasteiger partial charge in [-0.25, -0.2) is 0 Å². The molecule has 2 N–H and O–H groups in total. The van der Waals surface area contributed by atoms with Gasteiger partial charge in [0.05, 0.1) is 5.56 Å². The molecular weight excluding hydrogens is 532 g/mol. The number of ketones is 2. The first-order valence-corrected chi connectivity index (χ1v) is 11.6. The Hall–Kier alpha value is -4.00. The number of pyridine rings is 1. The van der Waals surface area contributed by atoms with E-state index < -0.39 is 5.91 Å². The molecule has 2 aromatic carbocycles. The van der Waals surface area contributed by atoms with Gasteiger partial charge in [-0.05, 0) is 61.1 Å². The molecule has 3 rings (SSSR count). The summed E-state index contributed by atoms with van der Waals surface area (Å²) in [7, 11) is 0. The first-order valence-electron chi connectivity index (χ1n) is 11.6. The maximum absolute atomic E-state index is 11.1. The smallest absolute Gasteiger partial charge is 0.875 e. The molecular formula is C30H32CuN2O5. The Morgan fingerprint density at radius 3 is 1.32 bits per heavy atom. The molecule has 0 aliphatic heterocycles.